The third-order valence-corrected chi connectivity index (χ3v) is 1.81. The summed E-state index contributed by atoms with van der Waals surface area (Å²) < 4.78 is 14.3. The molecule has 0 saturated heterocycles. The SMILES string of the molecule is CC(C)(C)OC(=O)/C=C/C(=O)OC(C)(C)C.CCOC(=O)/C=C/C(=O)[O-]. The molecule has 0 saturated carbocycles. The van der Waals surface area contributed by atoms with Gasteiger partial charge in [-0.25, -0.2) is 14.4 Å². The minimum absolute atomic E-state index is 0.232. The molecule has 0 unspecified atom stereocenters. The zero-order valence-corrected chi connectivity index (χ0v) is 16.3. The Kier molecular flexibility index (Phi) is 11.7. The number of carboxylic acid groups (broad SMARTS) is 1. The molecule has 0 radical (unpaired) electrons. The maximum atomic E-state index is 11.2. The molecule has 0 aromatic rings. The average Bonchev–Trinajstić information content (AvgIpc) is 2.40. The van der Waals surface area contributed by atoms with Crippen LogP contribution in [-0.2, 0) is 33.4 Å². The molecule has 148 valence electrons. The second-order valence-corrected chi connectivity index (χ2v) is 6.80. The van der Waals surface area contributed by atoms with E-state index in [1.807, 2.05) is 0 Å². The zero-order chi connectivity index (χ0) is 21.0. The maximum absolute atomic E-state index is 11.2. The Balaban J connectivity index is 0. The maximum Gasteiger partial charge on any atom is 0.331 e. The van der Waals surface area contributed by atoms with Crippen LogP contribution in [0.2, 0.25) is 0 Å². The number of carbonyl (C=O) groups is 4. The smallest absolute Gasteiger partial charge is 0.331 e. The van der Waals surface area contributed by atoms with Crippen LogP contribution in [0.1, 0.15) is 48.5 Å². The van der Waals surface area contributed by atoms with Gasteiger partial charge in [0.15, 0.2) is 0 Å². The third kappa shape index (κ3) is 21.4. The summed E-state index contributed by atoms with van der Waals surface area (Å²) in [5, 5.41) is 9.70. The molecular formula is C18H27O8-. The Labute approximate surface area is 153 Å². The van der Waals surface area contributed by atoms with Gasteiger partial charge in [0.25, 0.3) is 0 Å². The number of aliphatic carboxylic acids is 1. The molecule has 0 bridgehead atoms. The van der Waals surface area contributed by atoms with Gasteiger partial charge in [-0.15, -0.1) is 0 Å². The lowest BCUT2D eigenvalue weighted by molar-refractivity contribution is -0.297. The van der Waals surface area contributed by atoms with Gasteiger partial charge in [-0.3, -0.25) is 0 Å². The minimum Gasteiger partial charge on any atom is -0.545 e. The lowest BCUT2D eigenvalue weighted by Gasteiger charge is -2.19. The summed E-state index contributed by atoms with van der Waals surface area (Å²) in [4.78, 5) is 42.5. The van der Waals surface area contributed by atoms with Gasteiger partial charge in [-0.05, 0) is 54.5 Å². The van der Waals surface area contributed by atoms with Crippen molar-refractivity contribution in [3.05, 3.63) is 24.3 Å². The van der Waals surface area contributed by atoms with E-state index < -0.39 is 35.1 Å². The Morgan fingerprint density at radius 1 is 0.731 bits per heavy atom. The van der Waals surface area contributed by atoms with Crippen LogP contribution in [0, 0.1) is 0 Å². The van der Waals surface area contributed by atoms with Gasteiger partial charge in [-0.2, -0.15) is 0 Å². The first kappa shape index (κ1) is 25.6. The van der Waals surface area contributed by atoms with Gasteiger partial charge in [0.05, 0.1) is 12.6 Å². The van der Waals surface area contributed by atoms with Crippen LogP contribution in [0.25, 0.3) is 0 Å². The van der Waals surface area contributed by atoms with Gasteiger partial charge in [0, 0.05) is 18.2 Å². The Morgan fingerprint density at radius 3 is 1.35 bits per heavy atom. The lowest BCUT2D eigenvalue weighted by atomic mass is 10.2. The fraction of sp³-hybridized carbons (Fsp3) is 0.556. The molecular weight excluding hydrogens is 344 g/mol. The molecule has 0 aliphatic carbocycles. The van der Waals surface area contributed by atoms with Crippen molar-refractivity contribution in [3.63, 3.8) is 0 Å². The Hall–Kier alpha value is -2.64. The van der Waals surface area contributed by atoms with Crippen molar-refractivity contribution in [2.45, 2.75) is 59.7 Å². The van der Waals surface area contributed by atoms with Crippen molar-refractivity contribution in [3.8, 4) is 0 Å². The number of carboxylic acids is 1. The van der Waals surface area contributed by atoms with E-state index in [1.54, 1.807) is 48.5 Å². The summed E-state index contributed by atoms with van der Waals surface area (Å²) in [5.74, 6) is -3.20. The van der Waals surface area contributed by atoms with Gasteiger partial charge >= 0.3 is 17.9 Å². The molecule has 0 N–H and O–H groups in total. The number of esters is 3. The van der Waals surface area contributed by atoms with Crippen molar-refractivity contribution >= 4 is 23.9 Å². The van der Waals surface area contributed by atoms with Gasteiger partial charge in [0.1, 0.15) is 11.2 Å². The highest BCUT2D eigenvalue weighted by molar-refractivity contribution is 5.92. The van der Waals surface area contributed by atoms with Crippen LogP contribution in [0.4, 0.5) is 0 Å². The molecule has 0 aliphatic rings. The van der Waals surface area contributed by atoms with Crippen molar-refractivity contribution in [1.29, 1.82) is 0 Å². The summed E-state index contributed by atoms with van der Waals surface area (Å²) >= 11 is 0. The van der Waals surface area contributed by atoms with E-state index in [1.165, 1.54) is 0 Å². The molecule has 0 spiro atoms. The highest BCUT2D eigenvalue weighted by atomic mass is 16.6. The summed E-state index contributed by atoms with van der Waals surface area (Å²) in [6, 6.07) is 0. The molecule has 8 heteroatoms. The Morgan fingerprint density at radius 2 is 1.08 bits per heavy atom. The minimum atomic E-state index is -1.41. The summed E-state index contributed by atoms with van der Waals surface area (Å²) in [6.45, 7) is 12.4. The van der Waals surface area contributed by atoms with Crippen LogP contribution >= 0.6 is 0 Å². The standard InChI is InChI=1S/C12H20O4.C6H8O4/c1-11(2,3)15-9(13)7-8-10(14)16-12(4,5)6;1-2-10-6(9)4-3-5(7)8/h7-8H,1-6H3;3-4H,2H2,1H3,(H,7,8)/p-1/b8-7+;4-3+. The Bertz CT molecular complexity index is 515. The summed E-state index contributed by atoms with van der Waals surface area (Å²) in [5.41, 5.74) is -1.12. The topological polar surface area (TPSA) is 119 Å². The molecule has 0 amide bonds. The second-order valence-electron chi connectivity index (χ2n) is 6.80. The molecule has 26 heavy (non-hydrogen) atoms. The van der Waals surface area contributed by atoms with E-state index in [2.05, 4.69) is 4.74 Å². The van der Waals surface area contributed by atoms with E-state index in [0.29, 0.717) is 6.08 Å². The summed E-state index contributed by atoms with van der Waals surface area (Å²) in [7, 11) is 0. The van der Waals surface area contributed by atoms with Crippen LogP contribution in [-0.4, -0.2) is 41.7 Å². The molecule has 0 aromatic carbocycles. The van der Waals surface area contributed by atoms with Crippen molar-refractivity contribution in [1.82, 2.24) is 0 Å². The van der Waals surface area contributed by atoms with Crippen LogP contribution in [0.3, 0.4) is 0 Å². The molecule has 8 nitrogen and oxygen atoms in total. The molecule has 0 rings (SSSR count). The monoisotopic (exact) mass is 371 g/mol. The predicted octanol–water partition coefficient (Wildman–Crippen LogP) is 1.08. The first-order chi connectivity index (χ1) is 11.7. The zero-order valence-electron chi connectivity index (χ0n) is 16.3. The first-order valence-corrected chi connectivity index (χ1v) is 7.86. The highest BCUT2D eigenvalue weighted by Crippen LogP contribution is 2.09. The average molecular weight is 371 g/mol. The fourth-order valence-corrected chi connectivity index (χ4v) is 1.13. The molecule has 0 fully saturated rings. The van der Waals surface area contributed by atoms with E-state index >= 15 is 0 Å². The van der Waals surface area contributed by atoms with Crippen molar-refractivity contribution in [2.24, 2.45) is 0 Å². The predicted molar refractivity (Wildman–Crippen MR) is 91.6 cm³/mol. The molecule has 0 aromatic heterocycles. The molecule has 0 heterocycles. The van der Waals surface area contributed by atoms with Crippen molar-refractivity contribution < 1.29 is 38.5 Å². The summed E-state index contributed by atoms with van der Waals surface area (Å²) in [6.07, 6.45) is 3.56. The number of carbonyl (C=O) groups excluding carboxylic acids is 4. The number of rotatable bonds is 5. The lowest BCUT2D eigenvalue weighted by Crippen LogP contribution is -2.24. The highest BCUT2D eigenvalue weighted by Gasteiger charge is 2.16. The fourth-order valence-electron chi connectivity index (χ4n) is 1.13. The van der Waals surface area contributed by atoms with Gasteiger partial charge in [0.2, 0.25) is 0 Å². The van der Waals surface area contributed by atoms with Crippen LogP contribution in [0.15, 0.2) is 24.3 Å². The van der Waals surface area contributed by atoms with Crippen LogP contribution < -0.4 is 5.11 Å². The van der Waals surface area contributed by atoms with E-state index in [0.717, 1.165) is 18.2 Å². The first-order valence-electron chi connectivity index (χ1n) is 7.86. The quantitative estimate of drug-likeness (QED) is 0.400. The second kappa shape index (κ2) is 11.8. The van der Waals surface area contributed by atoms with E-state index in [-0.39, 0.29) is 6.61 Å². The normalized spacial score (nSPS) is 11.5. The number of hydrogen-bond donors (Lipinski definition) is 0. The number of hydrogen-bond acceptors (Lipinski definition) is 8. The van der Waals surface area contributed by atoms with E-state index in [9.17, 15) is 24.3 Å². The van der Waals surface area contributed by atoms with Crippen molar-refractivity contribution in [2.75, 3.05) is 6.61 Å². The number of ether oxygens (including phenoxy) is 3. The van der Waals surface area contributed by atoms with Gasteiger partial charge in [-0.1, -0.05) is 0 Å². The van der Waals surface area contributed by atoms with E-state index in [4.69, 9.17) is 9.47 Å². The van der Waals surface area contributed by atoms with Gasteiger partial charge < -0.3 is 24.1 Å². The van der Waals surface area contributed by atoms with Crippen LogP contribution in [0.5, 0.6) is 0 Å². The third-order valence-electron chi connectivity index (χ3n) is 1.81. The largest absolute Gasteiger partial charge is 0.545 e. The molecule has 0 aliphatic heterocycles. The molecule has 0 atom stereocenters.